The fourth-order valence-electron chi connectivity index (χ4n) is 5.43. The molecule has 8 heteroatoms. The number of para-hydroxylation sites is 2. The fraction of sp³-hybridized carbons (Fsp3) is 0.348. The fourth-order valence-corrected chi connectivity index (χ4v) is 6.29. The Morgan fingerprint density at radius 1 is 0.871 bits per heavy atom. The van der Waals surface area contributed by atoms with Gasteiger partial charge in [0.25, 0.3) is 10.0 Å². The van der Waals surface area contributed by atoms with Gasteiger partial charge in [-0.05, 0) is 42.5 Å². The number of carbonyl (C=O) groups is 1. The van der Waals surface area contributed by atoms with Crippen LogP contribution in [-0.4, -0.2) is 24.3 Å². The van der Waals surface area contributed by atoms with Crippen molar-refractivity contribution in [1.29, 1.82) is 0 Å². The summed E-state index contributed by atoms with van der Waals surface area (Å²) in [5.74, 6) is -0.399. The van der Waals surface area contributed by atoms with Crippen LogP contribution in [0.5, 0.6) is 0 Å². The Bertz CT molecular complexity index is 1320. The number of fused-ring (bicyclic) bond motifs is 6. The van der Waals surface area contributed by atoms with E-state index in [2.05, 4.69) is 31.0 Å². The number of sulfonamides is 1. The lowest BCUT2D eigenvalue weighted by molar-refractivity contribution is -0.131. The molecule has 160 valence electrons. The SMILES string of the molecule is CC12CCC(C(=O)NNS(=O)(=O)c3ccccc3)(c3nc4ccccc4nc31)C2(C)C. The zero-order valence-corrected chi connectivity index (χ0v) is 18.5. The maximum atomic E-state index is 13.7. The zero-order chi connectivity index (χ0) is 22.1. The Balaban J connectivity index is 1.57. The van der Waals surface area contributed by atoms with Crippen LogP contribution in [0.3, 0.4) is 0 Å². The number of hydrogen-bond acceptors (Lipinski definition) is 5. The van der Waals surface area contributed by atoms with Gasteiger partial charge in [-0.25, -0.2) is 18.4 Å². The van der Waals surface area contributed by atoms with Gasteiger partial charge in [0.15, 0.2) is 0 Å². The summed E-state index contributed by atoms with van der Waals surface area (Å²) in [5.41, 5.74) is 3.70. The van der Waals surface area contributed by atoms with Crippen LogP contribution in [0.1, 0.15) is 45.0 Å². The smallest absolute Gasteiger partial charge is 0.257 e. The predicted octanol–water partition coefficient (Wildman–Crippen LogP) is 2.97. The first-order chi connectivity index (χ1) is 14.6. The lowest BCUT2D eigenvalue weighted by atomic mass is 9.63. The van der Waals surface area contributed by atoms with Gasteiger partial charge < -0.3 is 0 Å². The van der Waals surface area contributed by atoms with Crippen LogP contribution in [0.15, 0.2) is 59.5 Å². The van der Waals surface area contributed by atoms with Gasteiger partial charge in [0.2, 0.25) is 5.91 Å². The molecule has 0 spiro atoms. The Labute approximate surface area is 181 Å². The largest absolute Gasteiger partial charge is 0.277 e. The summed E-state index contributed by atoms with van der Waals surface area (Å²) in [6.45, 7) is 6.24. The molecule has 1 heterocycles. The summed E-state index contributed by atoms with van der Waals surface area (Å²) >= 11 is 0. The molecule has 2 aromatic carbocycles. The predicted molar refractivity (Wildman–Crippen MR) is 116 cm³/mol. The van der Waals surface area contributed by atoms with Crippen LogP contribution in [0, 0.1) is 5.41 Å². The lowest BCUT2D eigenvalue weighted by Crippen LogP contribution is -2.55. The first-order valence-electron chi connectivity index (χ1n) is 10.3. The maximum Gasteiger partial charge on any atom is 0.257 e. The number of benzene rings is 2. The summed E-state index contributed by atoms with van der Waals surface area (Å²) in [4.78, 5) is 25.8. The van der Waals surface area contributed by atoms with Crippen molar-refractivity contribution in [1.82, 2.24) is 20.2 Å². The second-order valence-corrected chi connectivity index (χ2v) is 10.8. The van der Waals surface area contributed by atoms with E-state index >= 15 is 0 Å². The van der Waals surface area contributed by atoms with E-state index in [1.54, 1.807) is 18.2 Å². The molecule has 0 radical (unpaired) electrons. The normalized spacial score (nSPS) is 26.0. The van der Waals surface area contributed by atoms with Crippen molar-refractivity contribution >= 4 is 27.0 Å². The molecule has 2 aliphatic rings. The number of hydrogen-bond donors (Lipinski definition) is 2. The van der Waals surface area contributed by atoms with Crippen molar-refractivity contribution in [2.75, 3.05) is 0 Å². The average molecular weight is 437 g/mol. The Morgan fingerprint density at radius 3 is 2.10 bits per heavy atom. The van der Waals surface area contributed by atoms with Crippen molar-refractivity contribution in [2.24, 2.45) is 5.41 Å². The highest BCUT2D eigenvalue weighted by Gasteiger charge is 2.73. The molecule has 0 saturated heterocycles. The third kappa shape index (κ3) is 2.49. The molecule has 3 aromatic rings. The summed E-state index contributed by atoms with van der Waals surface area (Å²) in [6, 6.07) is 15.6. The first kappa shape index (κ1) is 20.1. The van der Waals surface area contributed by atoms with Crippen molar-refractivity contribution < 1.29 is 13.2 Å². The second-order valence-electron chi connectivity index (χ2n) is 9.14. The Hall–Kier alpha value is -2.84. The quantitative estimate of drug-likeness (QED) is 0.613. The van der Waals surface area contributed by atoms with Gasteiger partial charge in [-0.1, -0.05) is 51.1 Å². The number of carbonyl (C=O) groups excluding carboxylic acids is 1. The molecule has 2 N–H and O–H groups in total. The van der Waals surface area contributed by atoms with Crippen LogP contribution >= 0.6 is 0 Å². The van der Waals surface area contributed by atoms with E-state index in [9.17, 15) is 13.2 Å². The highest BCUT2D eigenvalue weighted by Crippen LogP contribution is 2.70. The van der Waals surface area contributed by atoms with E-state index in [1.807, 2.05) is 24.3 Å². The summed E-state index contributed by atoms with van der Waals surface area (Å²) in [6.07, 6.45) is 1.36. The van der Waals surface area contributed by atoms with E-state index < -0.39 is 26.8 Å². The molecule has 7 nitrogen and oxygen atoms in total. The average Bonchev–Trinajstić information content (AvgIpc) is 3.06. The van der Waals surface area contributed by atoms with Crippen molar-refractivity contribution in [3.8, 4) is 0 Å². The van der Waals surface area contributed by atoms with Crippen molar-refractivity contribution in [3.63, 3.8) is 0 Å². The van der Waals surface area contributed by atoms with Crippen LogP contribution in [0.4, 0.5) is 0 Å². The van der Waals surface area contributed by atoms with Gasteiger partial charge in [-0.2, -0.15) is 0 Å². The standard InChI is InChI=1S/C23H24N4O3S/c1-21(2)22(3)13-14-23(21,19-18(22)24-16-11-7-8-12-17(16)25-19)20(28)26-27-31(29,30)15-9-5-4-6-10-15/h4-12,27H,13-14H2,1-3H3,(H,26,28). The van der Waals surface area contributed by atoms with E-state index in [4.69, 9.17) is 9.97 Å². The lowest BCUT2D eigenvalue weighted by Gasteiger charge is -2.39. The number of nitrogens with zero attached hydrogens (tertiary/aromatic N) is 2. The highest BCUT2D eigenvalue weighted by molar-refractivity contribution is 7.89. The van der Waals surface area contributed by atoms with Gasteiger partial charge in [-0.3, -0.25) is 10.2 Å². The minimum atomic E-state index is -3.89. The summed E-state index contributed by atoms with van der Waals surface area (Å²) in [5, 5.41) is 0. The molecule has 0 aliphatic heterocycles. The number of nitrogens with one attached hydrogen (secondary N) is 2. The molecular formula is C23H24N4O3S. The molecule has 1 saturated carbocycles. The van der Waals surface area contributed by atoms with Crippen LogP contribution in [-0.2, 0) is 25.6 Å². The molecule has 2 bridgehead atoms. The molecule has 2 aliphatic carbocycles. The molecular weight excluding hydrogens is 412 g/mol. The zero-order valence-electron chi connectivity index (χ0n) is 17.6. The third-order valence-electron chi connectivity index (χ3n) is 7.68. The van der Waals surface area contributed by atoms with E-state index in [0.717, 1.165) is 23.1 Å². The molecule has 1 aromatic heterocycles. The Kier molecular flexibility index (Phi) is 4.11. The molecule has 1 fully saturated rings. The van der Waals surface area contributed by atoms with Gasteiger partial charge in [0.1, 0.15) is 5.41 Å². The highest BCUT2D eigenvalue weighted by atomic mass is 32.2. The Morgan fingerprint density at radius 2 is 1.45 bits per heavy atom. The summed E-state index contributed by atoms with van der Waals surface area (Å²) < 4.78 is 25.3. The van der Waals surface area contributed by atoms with E-state index in [0.29, 0.717) is 12.1 Å². The molecule has 31 heavy (non-hydrogen) atoms. The molecule has 2 atom stereocenters. The van der Waals surface area contributed by atoms with Crippen LogP contribution < -0.4 is 10.3 Å². The van der Waals surface area contributed by atoms with Gasteiger partial charge in [0.05, 0.1) is 27.3 Å². The number of aromatic nitrogens is 2. The summed E-state index contributed by atoms with van der Waals surface area (Å²) in [7, 11) is -3.89. The maximum absolute atomic E-state index is 13.7. The number of amides is 1. The van der Waals surface area contributed by atoms with E-state index in [1.165, 1.54) is 12.1 Å². The van der Waals surface area contributed by atoms with Crippen LogP contribution in [0.2, 0.25) is 0 Å². The number of hydrazine groups is 1. The van der Waals surface area contributed by atoms with Crippen molar-refractivity contribution in [2.45, 2.75) is 49.3 Å². The van der Waals surface area contributed by atoms with E-state index in [-0.39, 0.29) is 10.3 Å². The first-order valence-corrected chi connectivity index (χ1v) is 11.8. The molecule has 2 unspecified atom stereocenters. The van der Waals surface area contributed by atoms with Crippen LogP contribution in [0.25, 0.3) is 11.0 Å². The monoisotopic (exact) mass is 436 g/mol. The topological polar surface area (TPSA) is 101 Å². The van der Waals surface area contributed by atoms with Gasteiger partial charge >= 0.3 is 0 Å². The second kappa shape index (κ2) is 6.34. The van der Waals surface area contributed by atoms with Gasteiger partial charge in [-0.15, -0.1) is 4.83 Å². The van der Waals surface area contributed by atoms with Gasteiger partial charge in [0, 0.05) is 5.41 Å². The molecule has 5 rings (SSSR count). The minimum absolute atomic E-state index is 0.0842. The van der Waals surface area contributed by atoms with Crippen molar-refractivity contribution in [3.05, 3.63) is 66.0 Å². The molecule has 1 amide bonds. The third-order valence-corrected chi connectivity index (χ3v) is 8.95. The number of rotatable bonds is 4. The minimum Gasteiger partial charge on any atom is -0.277 e.